The summed E-state index contributed by atoms with van der Waals surface area (Å²) in [5.74, 6) is -0.857. The summed E-state index contributed by atoms with van der Waals surface area (Å²) in [6, 6.07) is 0. The summed E-state index contributed by atoms with van der Waals surface area (Å²) in [5.41, 5.74) is 11.6. The first-order valence-electron chi connectivity index (χ1n) is 2.96. The minimum absolute atomic E-state index is 0.0420. The number of carboxylic acids is 1. The van der Waals surface area contributed by atoms with Crippen LogP contribution in [-0.4, -0.2) is 11.1 Å². The van der Waals surface area contributed by atoms with Crippen molar-refractivity contribution in [3.05, 3.63) is 11.4 Å². The molecule has 0 aliphatic rings. The van der Waals surface area contributed by atoms with E-state index in [0.717, 1.165) is 0 Å². The molecule has 0 unspecified atom stereocenters. The van der Waals surface area contributed by atoms with Crippen LogP contribution >= 0.6 is 0 Å². The molecule has 0 saturated heterocycles. The molecule has 4 heteroatoms. The Hall–Kier alpha value is -1.19. The highest BCUT2D eigenvalue weighted by atomic mass is 16.4. The van der Waals surface area contributed by atoms with Gasteiger partial charge in [0.15, 0.2) is 0 Å². The quantitative estimate of drug-likeness (QED) is 0.520. The third kappa shape index (κ3) is 3.77. The van der Waals surface area contributed by atoms with Crippen molar-refractivity contribution in [2.45, 2.75) is 19.8 Å². The Morgan fingerprint density at radius 1 is 1.40 bits per heavy atom. The maximum atomic E-state index is 10.0. The predicted octanol–water partition coefficient (Wildman–Crippen LogP) is 0.0001000. The van der Waals surface area contributed by atoms with Gasteiger partial charge in [-0.15, -0.1) is 0 Å². The maximum absolute atomic E-state index is 10.0. The molecule has 0 aromatic carbocycles. The molecule has 0 heterocycles. The third-order valence-electron chi connectivity index (χ3n) is 1.11. The Labute approximate surface area is 59.5 Å². The lowest BCUT2D eigenvalue weighted by Crippen LogP contribution is -2.08. The highest BCUT2D eigenvalue weighted by Crippen LogP contribution is 1.99. The molecule has 0 rings (SSSR count). The number of allylic oxidation sites excluding steroid dienone is 2. The van der Waals surface area contributed by atoms with E-state index in [4.69, 9.17) is 16.6 Å². The molecule has 0 fully saturated rings. The summed E-state index contributed by atoms with van der Waals surface area (Å²) < 4.78 is 0. The van der Waals surface area contributed by atoms with Crippen molar-refractivity contribution in [3.8, 4) is 0 Å². The van der Waals surface area contributed by atoms with Crippen LogP contribution in [0.2, 0.25) is 0 Å². The normalized spacial score (nSPS) is 12.5. The first-order chi connectivity index (χ1) is 4.54. The lowest BCUT2D eigenvalue weighted by atomic mass is 10.2. The number of hydrogen-bond donors (Lipinski definition) is 3. The van der Waals surface area contributed by atoms with Crippen molar-refractivity contribution in [2.24, 2.45) is 11.5 Å². The zero-order valence-corrected chi connectivity index (χ0v) is 5.92. The topological polar surface area (TPSA) is 89.3 Å². The Balaban J connectivity index is 3.71. The molecule has 0 atom stereocenters. The second-order valence-electron chi connectivity index (χ2n) is 2.10. The Morgan fingerprint density at radius 3 is 2.20 bits per heavy atom. The van der Waals surface area contributed by atoms with Crippen LogP contribution in [0.3, 0.4) is 0 Å². The lowest BCUT2D eigenvalue weighted by Gasteiger charge is -1.99. The van der Waals surface area contributed by atoms with Crippen molar-refractivity contribution >= 4 is 5.97 Å². The van der Waals surface area contributed by atoms with Gasteiger partial charge in [-0.2, -0.15) is 0 Å². The van der Waals surface area contributed by atoms with E-state index in [1.165, 1.54) is 0 Å². The van der Waals surface area contributed by atoms with E-state index in [0.29, 0.717) is 17.8 Å². The maximum Gasteiger partial charge on any atom is 0.303 e. The van der Waals surface area contributed by atoms with Crippen molar-refractivity contribution in [1.82, 2.24) is 0 Å². The molecule has 4 nitrogen and oxygen atoms in total. The molecule has 10 heavy (non-hydrogen) atoms. The molecular formula is C6H12N2O2. The third-order valence-corrected chi connectivity index (χ3v) is 1.11. The van der Waals surface area contributed by atoms with Gasteiger partial charge in [0.25, 0.3) is 0 Å². The molecule has 0 aromatic heterocycles. The number of nitrogens with two attached hydrogens (primary N) is 2. The molecular weight excluding hydrogens is 132 g/mol. The van der Waals surface area contributed by atoms with Gasteiger partial charge in [0.1, 0.15) is 0 Å². The first-order valence-corrected chi connectivity index (χ1v) is 2.96. The van der Waals surface area contributed by atoms with Crippen molar-refractivity contribution in [1.29, 1.82) is 0 Å². The van der Waals surface area contributed by atoms with Crippen LogP contribution in [0.4, 0.5) is 0 Å². The van der Waals surface area contributed by atoms with Crippen LogP contribution in [0.15, 0.2) is 11.4 Å². The van der Waals surface area contributed by atoms with E-state index >= 15 is 0 Å². The van der Waals surface area contributed by atoms with Crippen LogP contribution in [-0.2, 0) is 4.79 Å². The molecule has 0 spiro atoms. The SMILES string of the molecule is C/C(N)=C(/N)CCC(=O)O. The average Bonchev–Trinajstić information content (AvgIpc) is 1.82. The van der Waals surface area contributed by atoms with Gasteiger partial charge in [-0.3, -0.25) is 4.79 Å². The summed E-state index contributed by atoms with van der Waals surface area (Å²) in [5, 5.41) is 8.23. The summed E-state index contributed by atoms with van der Waals surface area (Å²) in [7, 11) is 0. The van der Waals surface area contributed by atoms with Gasteiger partial charge in [-0.1, -0.05) is 0 Å². The first kappa shape index (κ1) is 8.81. The zero-order chi connectivity index (χ0) is 8.15. The van der Waals surface area contributed by atoms with Gasteiger partial charge in [0.05, 0.1) is 6.42 Å². The van der Waals surface area contributed by atoms with E-state index < -0.39 is 5.97 Å². The standard InChI is InChI=1S/C6H12N2O2/c1-4(7)5(8)2-3-6(9)10/h2-3,7-8H2,1H3,(H,9,10)/b5-4-. The van der Waals surface area contributed by atoms with Gasteiger partial charge in [0, 0.05) is 11.4 Å². The molecule has 5 N–H and O–H groups in total. The lowest BCUT2D eigenvalue weighted by molar-refractivity contribution is -0.136. The monoisotopic (exact) mass is 144 g/mol. The molecule has 0 bridgehead atoms. The van der Waals surface area contributed by atoms with Gasteiger partial charge in [0.2, 0.25) is 0 Å². The van der Waals surface area contributed by atoms with Gasteiger partial charge >= 0.3 is 5.97 Å². The van der Waals surface area contributed by atoms with E-state index in [1.807, 2.05) is 0 Å². The number of carbonyl (C=O) groups is 1. The van der Waals surface area contributed by atoms with Crippen molar-refractivity contribution < 1.29 is 9.90 Å². The summed E-state index contributed by atoms with van der Waals surface area (Å²) in [6.07, 6.45) is 0.373. The van der Waals surface area contributed by atoms with E-state index in [9.17, 15) is 4.79 Å². The van der Waals surface area contributed by atoms with E-state index in [2.05, 4.69) is 0 Å². The molecule has 0 aliphatic carbocycles. The zero-order valence-electron chi connectivity index (χ0n) is 5.92. The van der Waals surface area contributed by atoms with Gasteiger partial charge in [-0.25, -0.2) is 0 Å². The largest absolute Gasteiger partial charge is 0.481 e. The van der Waals surface area contributed by atoms with Crippen LogP contribution in [0.25, 0.3) is 0 Å². The average molecular weight is 144 g/mol. The second-order valence-corrected chi connectivity index (χ2v) is 2.10. The highest BCUT2D eigenvalue weighted by Gasteiger charge is 1.98. The minimum Gasteiger partial charge on any atom is -0.481 e. The molecule has 0 amide bonds. The van der Waals surface area contributed by atoms with E-state index in [1.54, 1.807) is 6.92 Å². The molecule has 0 aromatic rings. The predicted molar refractivity (Wildman–Crippen MR) is 37.9 cm³/mol. The number of aliphatic carboxylic acids is 1. The fourth-order valence-corrected chi connectivity index (χ4v) is 0.439. The smallest absolute Gasteiger partial charge is 0.303 e. The Bertz CT molecular complexity index is 159. The number of rotatable bonds is 3. The van der Waals surface area contributed by atoms with Crippen LogP contribution in [0, 0.1) is 0 Å². The Kier molecular flexibility index (Phi) is 3.32. The Morgan fingerprint density at radius 2 is 1.90 bits per heavy atom. The highest BCUT2D eigenvalue weighted by molar-refractivity contribution is 5.67. The fourth-order valence-electron chi connectivity index (χ4n) is 0.439. The summed E-state index contributed by atoms with van der Waals surface area (Å²) >= 11 is 0. The summed E-state index contributed by atoms with van der Waals surface area (Å²) in [6.45, 7) is 1.65. The molecule has 0 saturated carbocycles. The molecule has 58 valence electrons. The van der Waals surface area contributed by atoms with Crippen LogP contribution in [0.5, 0.6) is 0 Å². The number of carboxylic acid groups (broad SMARTS) is 1. The fraction of sp³-hybridized carbons (Fsp3) is 0.500. The second kappa shape index (κ2) is 3.76. The molecule has 0 aliphatic heterocycles. The van der Waals surface area contributed by atoms with Crippen molar-refractivity contribution in [3.63, 3.8) is 0 Å². The minimum atomic E-state index is -0.857. The summed E-state index contributed by atoms with van der Waals surface area (Å²) in [4.78, 5) is 10.0. The van der Waals surface area contributed by atoms with Crippen LogP contribution < -0.4 is 11.5 Å². The number of hydrogen-bond acceptors (Lipinski definition) is 3. The molecule has 0 radical (unpaired) electrons. The van der Waals surface area contributed by atoms with Gasteiger partial charge < -0.3 is 16.6 Å². The van der Waals surface area contributed by atoms with E-state index in [-0.39, 0.29) is 6.42 Å². The van der Waals surface area contributed by atoms with Crippen LogP contribution in [0.1, 0.15) is 19.8 Å². The van der Waals surface area contributed by atoms with Gasteiger partial charge in [-0.05, 0) is 13.3 Å². The van der Waals surface area contributed by atoms with Crippen molar-refractivity contribution in [2.75, 3.05) is 0 Å².